The first kappa shape index (κ1) is 16.9. The molecular weight excluding hydrogens is 352 g/mol. The summed E-state index contributed by atoms with van der Waals surface area (Å²) in [6.45, 7) is 3.79. The number of rotatable bonds is 4. The zero-order valence-corrected chi connectivity index (χ0v) is 14.5. The molecule has 2 heterocycles. The van der Waals surface area contributed by atoms with E-state index >= 15 is 0 Å². The van der Waals surface area contributed by atoms with E-state index in [2.05, 4.69) is 0 Å². The number of carbonyl (C=O) groups is 2. The number of benzene rings is 1. The smallest absolute Gasteiger partial charge is 0.268 e. The number of amides is 2. The normalized spacial score (nSPS) is 15.1. The van der Waals surface area contributed by atoms with Gasteiger partial charge in [-0.05, 0) is 23.6 Å². The molecule has 1 aliphatic rings. The zero-order valence-electron chi connectivity index (χ0n) is 12.9. The summed E-state index contributed by atoms with van der Waals surface area (Å²) in [5.41, 5.74) is -0.115. The minimum Gasteiger partial charge on any atom is -0.268 e. The second-order valence-electron chi connectivity index (χ2n) is 5.39. The average molecular weight is 365 g/mol. The summed E-state index contributed by atoms with van der Waals surface area (Å²) in [7, 11) is 0. The Bertz CT molecular complexity index is 844. The van der Waals surface area contributed by atoms with Crippen LogP contribution in [0.15, 0.2) is 40.6 Å². The third-order valence-electron chi connectivity index (χ3n) is 3.31. The van der Waals surface area contributed by atoms with Crippen LogP contribution in [0.2, 0.25) is 0 Å². The minimum absolute atomic E-state index is 0.0593. The summed E-state index contributed by atoms with van der Waals surface area (Å²) in [5.74, 6) is -2.78. The molecule has 0 spiro atoms. The predicted molar refractivity (Wildman–Crippen MR) is 92.8 cm³/mol. The van der Waals surface area contributed by atoms with E-state index in [1.165, 1.54) is 23.1 Å². The van der Waals surface area contributed by atoms with Gasteiger partial charge >= 0.3 is 0 Å². The highest BCUT2D eigenvalue weighted by Crippen LogP contribution is 2.41. The summed E-state index contributed by atoms with van der Waals surface area (Å²) < 4.78 is 27.6. The van der Waals surface area contributed by atoms with Crippen molar-refractivity contribution in [2.45, 2.75) is 19.1 Å². The number of hydrogen-bond donors (Lipinski definition) is 0. The first-order valence-electron chi connectivity index (χ1n) is 7.18. The Morgan fingerprint density at radius 2 is 1.88 bits per heavy atom. The predicted octanol–water partition coefficient (Wildman–Crippen LogP) is 4.45. The molecule has 3 nitrogen and oxygen atoms in total. The number of carbonyl (C=O) groups excluding carboxylic acids is 2. The lowest BCUT2D eigenvalue weighted by Crippen LogP contribution is -2.32. The van der Waals surface area contributed by atoms with Crippen molar-refractivity contribution < 1.29 is 18.4 Å². The lowest BCUT2D eigenvalue weighted by Gasteiger charge is -2.16. The van der Waals surface area contributed by atoms with Crippen LogP contribution in [0.3, 0.4) is 0 Å². The molecule has 24 heavy (non-hydrogen) atoms. The van der Waals surface area contributed by atoms with Crippen LogP contribution in [0.5, 0.6) is 0 Å². The van der Waals surface area contributed by atoms with E-state index in [-0.39, 0.29) is 21.4 Å². The molecule has 2 aromatic rings. The molecule has 0 saturated heterocycles. The minimum atomic E-state index is -0.820. The molecule has 3 rings (SSSR count). The van der Waals surface area contributed by atoms with Crippen LogP contribution in [0, 0.1) is 11.6 Å². The Balaban J connectivity index is 2.13. The van der Waals surface area contributed by atoms with Crippen molar-refractivity contribution in [2.24, 2.45) is 0 Å². The molecule has 2 amide bonds. The highest BCUT2D eigenvalue weighted by molar-refractivity contribution is 8.04. The lowest BCUT2D eigenvalue weighted by molar-refractivity contribution is -0.119. The van der Waals surface area contributed by atoms with E-state index in [0.29, 0.717) is 4.88 Å². The number of imide groups is 1. The summed E-state index contributed by atoms with van der Waals surface area (Å²) in [6.07, 6.45) is 0. The van der Waals surface area contributed by atoms with Gasteiger partial charge in [-0.3, -0.25) is 9.59 Å². The first-order chi connectivity index (χ1) is 11.4. The maximum atomic E-state index is 14.1. The molecule has 0 radical (unpaired) electrons. The van der Waals surface area contributed by atoms with Gasteiger partial charge in [0, 0.05) is 16.2 Å². The zero-order chi connectivity index (χ0) is 17.4. The number of nitrogens with zero attached hydrogens (tertiary/aromatic N) is 1. The number of anilines is 1. The van der Waals surface area contributed by atoms with Gasteiger partial charge < -0.3 is 0 Å². The van der Waals surface area contributed by atoms with Crippen LogP contribution in [-0.4, -0.2) is 17.1 Å². The summed E-state index contributed by atoms with van der Waals surface area (Å²) in [6, 6.07) is 6.22. The van der Waals surface area contributed by atoms with Crippen molar-refractivity contribution in [1.29, 1.82) is 0 Å². The molecule has 0 atom stereocenters. The largest absolute Gasteiger partial charge is 0.272 e. The molecule has 1 aliphatic heterocycles. The third-order valence-corrected chi connectivity index (χ3v) is 5.28. The molecule has 0 saturated carbocycles. The third kappa shape index (κ3) is 2.89. The fourth-order valence-corrected chi connectivity index (χ4v) is 4.18. The van der Waals surface area contributed by atoms with E-state index in [9.17, 15) is 18.4 Å². The Hall–Kier alpha value is -1.99. The topological polar surface area (TPSA) is 37.4 Å². The Kier molecular flexibility index (Phi) is 4.56. The molecule has 7 heteroatoms. The van der Waals surface area contributed by atoms with E-state index in [1.54, 1.807) is 17.5 Å². The van der Waals surface area contributed by atoms with E-state index < -0.39 is 23.4 Å². The SMILES string of the molecule is CC(C)SC1=C(c2cccs2)C(=O)N(c2cc(F)ccc2F)C1=O. The van der Waals surface area contributed by atoms with Crippen LogP contribution < -0.4 is 4.90 Å². The van der Waals surface area contributed by atoms with Gasteiger partial charge in [0.2, 0.25) is 0 Å². The average Bonchev–Trinajstić information content (AvgIpc) is 3.10. The molecule has 0 fully saturated rings. The van der Waals surface area contributed by atoms with Crippen molar-refractivity contribution in [1.82, 2.24) is 0 Å². The number of thiophene rings is 1. The van der Waals surface area contributed by atoms with Gasteiger partial charge in [-0.1, -0.05) is 19.9 Å². The molecule has 1 aromatic heterocycles. The van der Waals surface area contributed by atoms with E-state index in [1.807, 2.05) is 13.8 Å². The van der Waals surface area contributed by atoms with Crippen LogP contribution in [-0.2, 0) is 9.59 Å². The van der Waals surface area contributed by atoms with Crippen molar-refractivity contribution in [2.75, 3.05) is 4.90 Å². The Morgan fingerprint density at radius 1 is 1.12 bits per heavy atom. The highest BCUT2D eigenvalue weighted by Gasteiger charge is 2.42. The van der Waals surface area contributed by atoms with Gasteiger partial charge in [0.1, 0.15) is 11.6 Å². The standard InChI is InChI=1S/C17H13F2NO2S2/c1-9(2)24-15-14(13-4-3-7-23-13)16(21)20(17(15)22)12-8-10(18)5-6-11(12)19/h3-9H,1-2H3. The summed E-state index contributed by atoms with van der Waals surface area (Å²) in [4.78, 5) is 27.2. The number of halogens is 2. The molecule has 0 N–H and O–H groups in total. The molecule has 124 valence electrons. The van der Waals surface area contributed by atoms with Crippen LogP contribution in [0.25, 0.3) is 5.57 Å². The van der Waals surface area contributed by atoms with Crippen LogP contribution >= 0.6 is 23.1 Å². The highest BCUT2D eigenvalue weighted by atomic mass is 32.2. The number of hydrogen-bond acceptors (Lipinski definition) is 4. The van der Waals surface area contributed by atoms with Gasteiger partial charge in [-0.2, -0.15) is 0 Å². The van der Waals surface area contributed by atoms with Crippen molar-refractivity contribution in [3.05, 3.63) is 57.1 Å². The van der Waals surface area contributed by atoms with Gasteiger partial charge in [0.15, 0.2) is 0 Å². The summed E-state index contributed by atoms with van der Waals surface area (Å²) in [5, 5.41) is 1.85. The van der Waals surface area contributed by atoms with E-state index in [0.717, 1.165) is 23.1 Å². The summed E-state index contributed by atoms with van der Waals surface area (Å²) >= 11 is 2.57. The van der Waals surface area contributed by atoms with Gasteiger partial charge in [0.05, 0.1) is 16.2 Å². The molecule has 1 aromatic carbocycles. The van der Waals surface area contributed by atoms with Crippen LogP contribution in [0.1, 0.15) is 18.7 Å². The fourth-order valence-electron chi connectivity index (χ4n) is 2.37. The second-order valence-corrected chi connectivity index (χ2v) is 7.92. The van der Waals surface area contributed by atoms with Crippen molar-refractivity contribution in [3.8, 4) is 0 Å². The fraction of sp³-hybridized carbons (Fsp3) is 0.176. The second kappa shape index (κ2) is 6.49. The van der Waals surface area contributed by atoms with Crippen molar-refractivity contribution in [3.63, 3.8) is 0 Å². The molecule has 0 unspecified atom stereocenters. The number of thioether (sulfide) groups is 1. The monoisotopic (exact) mass is 365 g/mol. The van der Waals surface area contributed by atoms with Gasteiger partial charge in [0.25, 0.3) is 11.8 Å². The molecule has 0 aliphatic carbocycles. The van der Waals surface area contributed by atoms with Crippen molar-refractivity contribution >= 4 is 46.2 Å². The maximum Gasteiger partial charge on any atom is 0.272 e. The first-order valence-corrected chi connectivity index (χ1v) is 8.94. The molecular formula is C17H13F2NO2S2. The molecule has 0 bridgehead atoms. The van der Waals surface area contributed by atoms with Gasteiger partial charge in [-0.15, -0.1) is 23.1 Å². The Labute approximate surface area is 146 Å². The lowest BCUT2D eigenvalue weighted by atomic mass is 10.2. The van der Waals surface area contributed by atoms with E-state index in [4.69, 9.17) is 0 Å². The Morgan fingerprint density at radius 3 is 2.50 bits per heavy atom. The van der Waals surface area contributed by atoms with Gasteiger partial charge in [-0.25, -0.2) is 13.7 Å². The quantitative estimate of drug-likeness (QED) is 0.751. The maximum absolute atomic E-state index is 14.1. The van der Waals surface area contributed by atoms with Crippen LogP contribution in [0.4, 0.5) is 14.5 Å².